The Morgan fingerprint density at radius 2 is 2.24 bits per heavy atom. The van der Waals surface area contributed by atoms with Gasteiger partial charge in [-0.1, -0.05) is 13.8 Å². The Kier molecular flexibility index (Phi) is 5.00. The van der Waals surface area contributed by atoms with E-state index >= 15 is 0 Å². The highest BCUT2D eigenvalue weighted by atomic mass is 35.5. The van der Waals surface area contributed by atoms with Gasteiger partial charge in [0, 0.05) is 24.7 Å². The van der Waals surface area contributed by atoms with Crippen molar-refractivity contribution in [3.8, 4) is 0 Å². The van der Waals surface area contributed by atoms with Crippen molar-refractivity contribution in [2.75, 3.05) is 5.88 Å². The molecular formula is C12H20ClN3O. The standard InChI is InChI=1S/C12H20ClN3O/c1-8(2)11(5-6-13)15-12(17)10-7-14-16(4)9(10)3/h7-8,11H,5-6H2,1-4H3,(H,15,17). The van der Waals surface area contributed by atoms with Gasteiger partial charge >= 0.3 is 0 Å². The lowest BCUT2D eigenvalue weighted by molar-refractivity contribution is 0.0924. The molecule has 0 spiro atoms. The van der Waals surface area contributed by atoms with Crippen molar-refractivity contribution in [1.29, 1.82) is 0 Å². The molecule has 0 saturated carbocycles. The van der Waals surface area contributed by atoms with Crippen LogP contribution >= 0.6 is 11.6 Å². The minimum absolute atomic E-state index is 0.0700. The van der Waals surface area contributed by atoms with E-state index in [-0.39, 0.29) is 11.9 Å². The molecule has 1 aromatic heterocycles. The molecule has 0 aliphatic carbocycles. The fraction of sp³-hybridized carbons (Fsp3) is 0.667. The van der Waals surface area contributed by atoms with E-state index in [4.69, 9.17) is 11.6 Å². The lowest BCUT2D eigenvalue weighted by Gasteiger charge is -2.21. The third kappa shape index (κ3) is 3.46. The van der Waals surface area contributed by atoms with Gasteiger partial charge in [0.25, 0.3) is 5.91 Å². The average molecular weight is 258 g/mol. The van der Waals surface area contributed by atoms with Crippen LogP contribution in [-0.4, -0.2) is 27.6 Å². The molecule has 4 nitrogen and oxygen atoms in total. The zero-order valence-electron chi connectivity index (χ0n) is 10.8. The largest absolute Gasteiger partial charge is 0.349 e. The number of aromatic nitrogens is 2. The first-order valence-corrected chi connectivity index (χ1v) is 6.36. The highest BCUT2D eigenvalue weighted by Crippen LogP contribution is 2.10. The summed E-state index contributed by atoms with van der Waals surface area (Å²) in [6.07, 6.45) is 2.38. The zero-order valence-corrected chi connectivity index (χ0v) is 11.6. The SMILES string of the molecule is Cc1c(C(=O)NC(CCCl)C(C)C)cnn1C. The number of carbonyl (C=O) groups is 1. The van der Waals surface area contributed by atoms with Crippen molar-refractivity contribution < 1.29 is 4.79 Å². The summed E-state index contributed by atoms with van der Waals surface area (Å²) in [6, 6.07) is 0.111. The van der Waals surface area contributed by atoms with E-state index in [1.807, 2.05) is 14.0 Å². The van der Waals surface area contributed by atoms with Crippen LogP contribution in [0.15, 0.2) is 6.20 Å². The van der Waals surface area contributed by atoms with Crippen molar-refractivity contribution in [1.82, 2.24) is 15.1 Å². The van der Waals surface area contributed by atoms with Crippen LogP contribution in [0.25, 0.3) is 0 Å². The first kappa shape index (κ1) is 14.0. The number of alkyl halides is 1. The molecule has 1 amide bonds. The normalized spacial score (nSPS) is 12.8. The lowest BCUT2D eigenvalue weighted by atomic mass is 10.0. The Morgan fingerprint density at radius 3 is 2.65 bits per heavy atom. The van der Waals surface area contributed by atoms with Crippen LogP contribution in [0, 0.1) is 12.8 Å². The van der Waals surface area contributed by atoms with Gasteiger partial charge in [-0.2, -0.15) is 5.10 Å². The molecule has 0 radical (unpaired) electrons. The van der Waals surface area contributed by atoms with Crippen LogP contribution in [0.5, 0.6) is 0 Å². The number of aryl methyl sites for hydroxylation is 1. The second-order valence-corrected chi connectivity index (χ2v) is 4.95. The minimum atomic E-state index is -0.0700. The van der Waals surface area contributed by atoms with E-state index in [9.17, 15) is 4.79 Å². The highest BCUT2D eigenvalue weighted by molar-refractivity contribution is 6.17. The van der Waals surface area contributed by atoms with Crippen molar-refractivity contribution in [3.05, 3.63) is 17.5 Å². The minimum Gasteiger partial charge on any atom is -0.349 e. The molecular weight excluding hydrogens is 238 g/mol. The number of rotatable bonds is 5. The van der Waals surface area contributed by atoms with Gasteiger partial charge in [-0.05, 0) is 19.3 Å². The molecule has 0 saturated heterocycles. The second kappa shape index (κ2) is 6.05. The fourth-order valence-electron chi connectivity index (χ4n) is 1.66. The zero-order chi connectivity index (χ0) is 13.0. The number of amides is 1. The van der Waals surface area contributed by atoms with Gasteiger partial charge in [0.15, 0.2) is 0 Å². The molecule has 0 fully saturated rings. The molecule has 1 N–H and O–H groups in total. The monoisotopic (exact) mass is 257 g/mol. The summed E-state index contributed by atoms with van der Waals surface area (Å²) in [5.41, 5.74) is 1.50. The van der Waals surface area contributed by atoms with Crippen molar-refractivity contribution in [3.63, 3.8) is 0 Å². The van der Waals surface area contributed by atoms with Crippen LogP contribution < -0.4 is 5.32 Å². The molecule has 0 aliphatic rings. The number of hydrogen-bond acceptors (Lipinski definition) is 2. The quantitative estimate of drug-likeness (QED) is 0.822. The molecule has 0 aromatic carbocycles. The van der Waals surface area contributed by atoms with E-state index in [0.29, 0.717) is 17.4 Å². The number of carbonyl (C=O) groups excluding carboxylic acids is 1. The third-order valence-electron chi connectivity index (χ3n) is 3.02. The summed E-state index contributed by atoms with van der Waals surface area (Å²) in [7, 11) is 1.82. The highest BCUT2D eigenvalue weighted by Gasteiger charge is 2.19. The van der Waals surface area contributed by atoms with Gasteiger partial charge in [0.2, 0.25) is 0 Å². The molecule has 1 atom stereocenters. The van der Waals surface area contributed by atoms with E-state index in [1.54, 1.807) is 10.9 Å². The number of nitrogens with zero attached hydrogens (tertiary/aromatic N) is 2. The van der Waals surface area contributed by atoms with Crippen molar-refractivity contribution in [2.24, 2.45) is 13.0 Å². The summed E-state index contributed by atoms with van der Waals surface area (Å²) < 4.78 is 1.70. The van der Waals surface area contributed by atoms with E-state index in [1.165, 1.54) is 0 Å². The van der Waals surface area contributed by atoms with Crippen molar-refractivity contribution >= 4 is 17.5 Å². The van der Waals surface area contributed by atoms with Crippen LogP contribution in [0.4, 0.5) is 0 Å². The average Bonchev–Trinajstić information content (AvgIpc) is 2.59. The summed E-state index contributed by atoms with van der Waals surface area (Å²) in [4.78, 5) is 12.1. The number of halogens is 1. The lowest BCUT2D eigenvalue weighted by Crippen LogP contribution is -2.39. The molecule has 0 bridgehead atoms. The maximum absolute atomic E-state index is 12.1. The molecule has 1 rings (SSSR count). The maximum atomic E-state index is 12.1. The summed E-state index contributed by atoms with van der Waals surface area (Å²) >= 11 is 5.74. The molecule has 17 heavy (non-hydrogen) atoms. The Morgan fingerprint density at radius 1 is 1.59 bits per heavy atom. The smallest absolute Gasteiger partial charge is 0.254 e. The van der Waals surface area contributed by atoms with Gasteiger partial charge in [-0.15, -0.1) is 11.6 Å². The molecule has 0 aliphatic heterocycles. The fourth-order valence-corrected chi connectivity index (χ4v) is 1.89. The van der Waals surface area contributed by atoms with Crippen LogP contribution in [0.3, 0.4) is 0 Å². The summed E-state index contributed by atoms with van der Waals surface area (Å²) in [5.74, 6) is 0.851. The van der Waals surface area contributed by atoms with Crippen LogP contribution in [-0.2, 0) is 7.05 Å². The molecule has 1 unspecified atom stereocenters. The van der Waals surface area contributed by atoms with Gasteiger partial charge in [0.1, 0.15) is 0 Å². The third-order valence-corrected chi connectivity index (χ3v) is 3.24. The predicted molar refractivity (Wildman–Crippen MR) is 69.4 cm³/mol. The first-order chi connectivity index (χ1) is 7.97. The first-order valence-electron chi connectivity index (χ1n) is 5.82. The molecule has 1 aromatic rings. The van der Waals surface area contributed by atoms with Gasteiger partial charge in [0.05, 0.1) is 11.8 Å². The van der Waals surface area contributed by atoms with Crippen molar-refractivity contribution in [2.45, 2.75) is 33.2 Å². The maximum Gasteiger partial charge on any atom is 0.254 e. The Bertz CT molecular complexity index is 387. The molecule has 1 heterocycles. The van der Waals surface area contributed by atoms with Gasteiger partial charge in [-0.25, -0.2) is 0 Å². The van der Waals surface area contributed by atoms with Crippen LogP contribution in [0.2, 0.25) is 0 Å². The van der Waals surface area contributed by atoms with E-state index in [0.717, 1.165) is 12.1 Å². The summed E-state index contributed by atoms with van der Waals surface area (Å²) in [5, 5.41) is 7.08. The Balaban J connectivity index is 2.74. The Labute approximate surface area is 107 Å². The molecule has 96 valence electrons. The van der Waals surface area contributed by atoms with E-state index in [2.05, 4.69) is 24.3 Å². The molecule has 5 heteroatoms. The number of nitrogens with one attached hydrogen (secondary N) is 1. The number of hydrogen-bond donors (Lipinski definition) is 1. The van der Waals surface area contributed by atoms with E-state index < -0.39 is 0 Å². The topological polar surface area (TPSA) is 46.9 Å². The Hall–Kier alpha value is -1.03. The van der Waals surface area contributed by atoms with Gasteiger partial charge in [-0.3, -0.25) is 9.48 Å². The summed E-state index contributed by atoms with van der Waals surface area (Å²) in [6.45, 7) is 6.04. The second-order valence-electron chi connectivity index (χ2n) is 4.57. The van der Waals surface area contributed by atoms with Crippen LogP contribution in [0.1, 0.15) is 36.3 Å². The predicted octanol–water partition coefficient (Wildman–Crippen LogP) is 2.11. The van der Waals surface area contributed by atoms with Gasteiger partial charge < -0.3 is 5.32 Å².